The fraction of sp³-hybridized carbons (Fsp3) is 0.0800. The molecule has 0 atom stereocenters. The lowest BCUT2D eigenvalue weighted by atomic mass is 10.2. The van der Waals surface area contributed by atoms with Crippen molar-refractivity contribution in [3.8, 4) is 11.8 Å². The Balaban J connectivity index is 1.47. The number of anilines is 5. The first-order valence-corrected chi connectivity index (χ1v) is 12.0. The number of nitriles is 1. The largest absolute Gasteiger partial charge is 0.497 e. The van der Waals surface area contributed by atoms with E-state index in [0.29, 0.717) is 23.1 Å². The van der Waals surface area contributed by atoms with Crippen LogP contribution in [0.3, 0.4) is 0 Å². The van der Waals surface area contributed by atoms with Crippen molar-refractivity contribution in [2.75, 3.05) is 22.5 Å². The van der Waals surface area contributed by atoms with Gasteiger partial charge >= 0.3 is 0 Å². The first kappa shape index (κ1) is 23.5. The molecule has 3 N–H and O–H groups in total. The van der Waals surface area contributed by atoms with Crippen LogP contribution in [0.15, 0.2) is 83.8 Å². The molecule has 3 aromatic carbocycles. The van der Waals surface area contributed by atoms with Crippen LogP contribution in [0.2, 0.25) is 0 Å². The summed E-state index contributed by atoms with van der Waals surface area (Å²) >= 11 is 0. The fourth-order valence-electron chi connectivity index (χ4n) is 3.26. The van der Waals surface area contributed by atoms with Crippen molar-refractivity contribution in [2.45, 2.75) is 11.8 Å². The second-order valence-corrected chi connectivity index (χ2v) is 9.14. The summed E-state index contributed by atoms with van der Waals surface area (Å²) < 4.78 is 33.1. The minimum absolute atomic E-state index is 0.0743. The second-order valence-electron chi connectivity index (χ2n) is 7.49. The normalized spacial score (nSPS) is 10.8. The minimum atomic E-state index is -3.91. The van der Waals surface area contributed by atoms with Crippen LogP contribution in [-0.2, 0) is 10.0 Å². The summed E-state index contributed by atoms with van der Waals surface area (Å²) in [5.41, 5.74) is 2.72. The maximum atomic E-state index is 12.7. The number of aryl methyl sites for hydroxylation is 1. The Labute approximate surface area is 203 Å². The van der Waals surface area contributed by atoms with Gasteiger partial charge in [0.15, 0.2) is 0 Å². The van der Waals surface area contributed by atoms with Crippen molar-refractivity contribution in [3.63, 3.8) is 0 Å². The van der Waals surface area contributed by atoms with Gasteiger partial charge in [0.05, 0.1) is 12.7 Å². The van der Waals surface area contributed by atoms with Crippen LogP contribution >= 0.6 is 0 Å². The Hall–Kier alpha value is -4.62. The van der Waals surface area contributed by atoms with E-state index in [9.17, 15) is 13.7 Å². The van der Waals surface area contributed by atoms with E-state index in [1.807, 2.05) is 43.3 Å². The predicted molar refractivity (Wildman–Crippen MR) is 135 cm³/mol. The van der Waals surface area contributed by atoms with Crippen LogP contribution in [0.4, 0.5) is 28.8 Å². The molecule has 0 radical (unpaired) electrons. The van der Waals surface area contributed by atoms with Crippen molar-refractivity contribution < 1.29 is 13.2 Å². The molecule has 0 bridgehead atoms. The highest BCUT2D eigenvalue weighted by Gasteiger charge is 2.18. The summed E-state index contributed by atoms with van der Waals surface area (Å²) in [6.45, 7) is 1.86. The molecular weight excluding hydrogens is 464 g/mol. The minimum Gasteiger partial charge on any atom is -0.497 e. The number of benzene rings is 3. The molecule has 1 heterocycles. The molecule has 0 amide bonds. The average Bonchev–Trinajstić information content (AvgIpc) is 2.85. The molecule has 0 saturated carbocycles. The van der Waals surface area contributed by atoms with Crippen LogP contribution in [0.5, 0.6) is 5.75 Å². The van der Waals surface area contributed by atoms with Gasteiger partial charge in [0.2, 0.25) is 5.95 Å². The Kier molecular flexibility index (Phi) is 6.80. The number of methoxy groups -OCH3 is 1. The summed E-state index contributed by atoms with van der Waals surface area (Å²) in [5, 5.41) is 15.6. The molecule has 176 valence electrons. The maximum Gasteiger partial charge on any atom is 0.263 e. The molecular formula is C25H22N6O3S. The van der Waals surface area contributed by atoms with Crippen LogP contribution in [0.25, 0.3) is 0 Å². The lowest BCUT2D eigenvalue weighted by Crippen LogP contribution is -2.14. The number of nitrogens with one attached hydrogen (secondary N) is 3. The summed E-state index contributed by atoms with van der Waals surface area (Å²) in [4.78, 5) is 8.84. The molecule has 9 nitrogen and oxygen atoms in total. The number of hydrogen-bond acceptors (Lipinski definition) is 8. The highest BCUT2D eigenvalue weighted by atomic mass is 32.2. The van der Waals surface area contributed by atoms with Crippen molar-refractivity contribution in [2.24, 2.45) is 0 Å². The number of aromatic nitrogens is 2. The Morgan fingerprint density at radius 2 is 1.49 bits per heavy atom. The van der Waals surface area contributed by atoms with Crippen LogP contribution in [0, 0.1) is 18.3 Å². The van der Waals surface area contributed by atoms with Crippen LogP contribution in [-0.4, -0.2) is 25.5 Å². The molecule has 1 aromatic heterocycles. The first-order chi connectivity index (χ1) is 16.9. The molecule has 10 heteroatoms. The van der Waals surface area contributed by atoms with Crippen molar-refractivity contribution in [1.82, 2.24) is 9.97 Å². The number of ether oxygens (including phenoxy) is 1. The van der Waals surface area contributed by atoms with Gasteiger partial charge in [0, 0.05) is 28.8 Å². The van der Waals surface area contributed by atoms with Crippen molar-refractivity contribution >= 4 is 38.9 Å². The van der Waals surface area contributed by atoms with E-state index in [2.05, 4.69) is 25.3 Å². The van der Waals surface area contributed by atoms with E-state index in [1.54, 1.807) is 43.5 Å². The zero-order valence-corrected chi connectivity index (χ0v) is 19.8. The fourth-order valence-corrected chi connectivity index (χ4v) is 4.48. The monoisotopic (exact) mass is 486 g/mol. The average molecular weight is 487 g/mol. The van der Waals surface area contributed by atoms with Gasteiger partial charge < -0.3 is 15.4 Å². The smallest absolute Gasteiger partial charge is 0.263 e. The van der Waals surface area contributed by atoms with Gasteiger partial charge in [0.1, 0.15) is 22.5 Å². The second kappa shape index (κ2) is 10.1. The molecule has 4 aromatic rings. The van der Waals surface area contributed by atoms with Gasteiger partial charge in [-0.15, -0.1) is 0 Å². The standard InChI is InChI=1S/C25H22N6O3S/c1-17-15-24(28-19-11-13-22(34-2)14-12-19)30-25(27-17)29-20-7-9-21(10-8-20)31-35(32,33)23-6-4-3-5-18(23)16-26/h3-15,31H,1-2H3,(H2,27,28,29,30). The third-order valence-corrected chi connectivity index (χ3v) is 6.35. The molecule has 0 unspecified atom stereocenters. The number of nitrogens with zero attached hydrogens (tertiary/aromatic N) is 3. The van der Waals surface area contributed by atoms with E-state index in [0.717, 1.165) is 17.1 Å². The summed E-state index contributed by atoms with van der Waals surface area (Å²) in [6, 6.07) is 23.9. The van der Waals surface area contributed by atoms with E-state index in [1.165, 1.54) is 12.1 Å². The molecule has 0 aliphatic carbocycles. The Morgan fingerprint density at radius 1 is 0.857 bits per heavy atom. The highest BCUT2D eigenvalue weighted by molar-refractivity contribution is 7.92. The topological polar surface area (TPSA) is 129 Å². The first-order valence-electron chi connectivity index (χ1n) is 10.5. The van der Waals surface area contributed by atoms with E-state index < -0.39 is 10.0 Å². The summed E-state index contributed by atoms with van der Waals surface area (Å²) in [6.07, 6.45) is 0. The quantitative estimate of drug-likeness (QED) is 0.319. The van der Waals surface area contributed by atoms with Gasteiger partial charge in [0.25, 0.3) is 10.0 Å². The number of hydrogen-bond donors (Lipinski definition) is 3. The number of sulfonamides is 1. The third-order valence-electron chi connectivity index (χ3n) is 4.91. The molecule has 0 spiro atoms. The maximum absolute atomic E-state index is 12.7. The molecule has 0 saturated heterocycles. The third kappa shape index (κ3) is 5.85. The van der Waals surface area contributed by atoms with Gasteiger partial charge in [-0.05, 0) is 67.6 Å². The molecule has 35 heavy (non-hydrogen) atoms. The lowest BCUT2D eigenvalue weighted by Gasteiger charge is -2.12. The van der Waals surface area contributed by atoms with Crippen LogP contribution in [0.1, 0.15) is 11.3 Å². The molecule has 0 aliphatic heterocycles. The van der Waals surface area contributed by atoms with Gasteiger partial charge in [-0.2, -0.15) is 10.2 Å². The highest BCUT2D eigenvalue weighted by Crippen LogP contribution is 2.24. The molecule has 0 aliphatic rings. The van der Waals surface area contributed by atoms with Gasteiger partial charge in [-0.25, -0.2) is 13.4 Å². The Bertz CT molecular complexity index is 1480. The van der Waals surface area contributed by atoms with Crippen molar-refractivity contribution in [1.29, 1.82) is 5.26 Å². The van der Waals surface area contributed by atoms with Crippen molar-refractivity contribution in [3.05, 3.63) is 90.1 Å². The van der Waals surface area contributed by atoms with Gasteiger partial charge in [-0.3, -0.25) is 4.72 Å². The zero-order chi connectivity index (χ0) is 24.8. The van der Waals surface area contributed by atoms with E-state index in [-0.39, 0.29) is 10.5 Å². The predicted octanol–water partition coefficient (Wildman–Crippen LogP) is 4.95. The Morgan fingerprint density at radius 3 is 2.17 bits per heavy atom. The molecule has 0 fully saturated rings. The zero-order valence-electron chi connectivity index (χ0n) is 19.0. The number of rotatable bonds is 8. The van der Waals surface area contributed by atoms with Crippen LogP contribution < -0.4 is 20.1 Å². The lowest BCUT2D eigenvalue weighted by molar-refractivity contribution is 0.415. The summed E-state index contributed by atoms with van der Waals surface area (Å²) in [5.74, 6) is 1.76. The SMILES string of the molecule is COc1ccc(Nc2cc(C)nc(Nc3ccc(NS(=O)(=O)c4ccccc4C#N)cc3)n2)cc1. The van der Waals surface area contributed by atoms with E-state index in [4.69, 9.17) is 4.74 Å². The van der Waals surface area contributed by atoms with E-state index >= 15 is 0 Å². The van der Waals surface area contributed by atoms with Gasteiger partial charge in [-0.1, -0.05) is 12.1 Å². The molecule has 4 rings (SSSR count). The summed E-state index contributed by atoms with van der Waals surface area (Å²) in [7, 11) is -2.29.